The topological polar surface area (TPSA) is 61.4 Å². The van der Waals surface area contributed by atoms with Gasteiger partial charge in [0.05, 0.1) is 6.04 Å². The minimum Gasteiger partial charge on any atom is -0.355 e. The van der Waals surface area contributed by atoms with E-state index in [1.807, 2.05) is 49.2 Å². The number of nitrogens with one attached hydrogen (secondary N) is 2. The van der Waals surface area contributed by atoms with E-state index in [4.69, 9.17) is 0 Å². The standard InChI is InChI=1S/C23H31N3O2/c1-6-16(2)20-9-7-8-10-21(20)25-22(27)17(3)26(5)15-18-11-13-19(14-12-18)23(28)24-4/h7-14,16-17H,6,15H2,1-5H3,(H,24,28)(H,25,27)/t16-,17+/m0/s1. The number of hydrogen-bond acceptors (Lipinski definition) is 3. The van der Waals surface area contributed by atoms with Gasteiger partial charge in [0.2, 0.25) is 5.91 Å². The van der Waals surface area contributed by atoms with Gasteiger partial charge in [0, 0.05) is 24.8 Å². The quantitative estimate of drug-likeness (QED) is 0.726. The van der Waals surface area contributed by atoms with E-state index < -0.39 is 0 Å². The van der Waals surface area contributed by atoms with Crippen LogP contribution in [0.15, 0.2) is 48.5 Å². The molecule has 0 bridgehead atoms. The molecule has 0 aliphatic rings. The highest BCUT2D eigenvalue weighted by molar-refractivity contribution is 5.95. The molecule has 2 atom stereocenters. The zero-order valence-electron chi connectivity index (χ0n) is 17.5. The molecule has 2 aromatic carbocycles. The smallest absolute Gasteiger partial charge is 0.251 e. The molecule has 0 spiro atoms. The van der Waals surface area contributed by atoms with Gasteiger partial charge in [-0.1, -0.05) is 44.2 Å². The minimum atomic E-state index is -0.288. The van der Waals surface area contributed by atoms with Crippen molar-refractivity contribution in [3.05, 3.63) is 65.2 Å². The summed E-state index contributed by atoms with van der Waals surface area (Å²) < 4.78 is 0. The molecule has 2 rings (SSSR count). The molecule has 0 aliphatic heterocycles. The number of benzene rings is 2. The van der Waals surface area contributed by atoms with Crippen molar-refractivity contribution in [3.63, 3.8) is 0 Å². The third-order valence-electron chi connectivity index (χ3n) is 5.28. The number of carbonyl (C=O) groups excluding carboxylic acids is 2. The van der Waals surface area contributed by atoms with E-state index in [0.29, 0.717) is 18.0 Å². The predicted octanol–water partition coefficient (Wildman–Crippen LogP) is 4.02. The molecular formula is C23H31N3O2. The number of anilines is 1. The Kier molecular flexibility index (Phi) is 7.76. The molecule has 2 aromatic rings. The van der Waals surface area contributed by atoms with E-state index in [1.54, 1.807) is 19.2 Å². The van der Waals surface area contributed by atoms with E-state index in [1.165, 1.54) is 0 Å². The molecular weight excluding hydrogens is 350 g/mol. The second kappa shape index (κ2) is 10.0. The molecule has 0 aliphatic carbocycles. The van der Waals surface area contributed by atoms with Crippen LogP contribution in [0.2, 0.25) is 0 Å². The Morgan fingerprint density at radius 3 is 2.29 bits per heavy atom. The van der Waals surface area contributed by atoms with Crippen molar-refractivity contribution in [3.8, 4) is 0 Å². The first-order valence-electron chi connectivity index (χ1n) is 9.78. The van der Waals surface area contributed by atoms with E-state index >= 15 is 0 Å². The van der Waals surface area contributed by atoms with Crippen LogP contribution in [0.3, 0.4) is 0 Å². The molecule has 2 amide bonds. The lowest BCUT2D eigenvalue weighted by Crippen LogP contribution is -2.39. The van der Waals surface area contributed by atoms with Crippen LogP contribution in [0.5, 0.6) is 0 Å². The Bertz CT molecular complexity index is 802. The van der Waals surface area contributed by atoms with Gasteiger partial charge in [-0.3, -0.25) is 14.5 Å². The van der Waals surface area contributed by atoms with Gasteiger partial charge in [-0.2, -0.15) is 0 Å². The first-order valence-corrected chi connectivity index (χ1v) is 9.78. The normalized spacial score (nSPS) is 13.1. The van der Waals surface area contributed by atoms with Crippen LogP contribution in [0.4, 0.5) is 5.69 Å². The first kappa shape index (κ1) is 21.6. The number of para-hydroxylation sites is 1. The fraction of sp³-hybridized carbons (Fsp3) is 0.391. The van der Waals surface area contributed by atoms with E-state index in [-0.39, 0.29) is 17.9 Å². The van der Waals surface area contributed by atoms with Crippen molar-refractivity contribution in [1.82, 2.24) is 10.2 Å². The molecule has 0 radical (unpaired) electrons. The molecule has 0 aromatic heterocycles. The summed E-state index contributed by atoms with van der Waals surface area (Å²) in [5.41, 5.74) is 3.73. The van der Waals surface area contributed by atoms with Crippen molar-refractivity contribution in [1.29, 1.82) is 0 Å². The Labute approximate surface area is 168 Å². The maximum atomic E-state index is 12.8. The second-order valence-corrected chi connectivity index (χ2v) is 7.25. The van der Waals surface area contributed by atoms with Crippen LogP contribution < -0.4 is 10.6 Å². The summed E-state index contributed by atoms with van der Waals surface area (Å²) in [6, 6.07) is 15.1. The molecule has 28 heavy (non-hydrogen) atoms. The molecule has 2 N–H and O–H groups in total. The van der Waals surface area contributed by atoms with Crippen LogP contribution in [-0.2, 0) is 11.3 Å². The molecule has 0 unspecified atom stereocenters. The molecule has 0 heterocycles. The fourth-order valence-electron chi connectivity index (χ4n) is 3.03. The van der Waals surface area contributed by atoms with E-state index in [2.05, 4.69) is 30.5 Å². The predicted molar refractivity (Wildman–Crippen MR) is 115 cm³/mol. The SMILES string of the molecule is CC[C@H](C)c1ccccc1NC(=O)[C@@H](C)N(C)Cc1ccc(C(=O)NC)cc1. The van der Waals surface area contributed by atoms with Gasteiger partial charge in [0.15, 0.2) is 0 Å². The highest BCUT2D eigenvalue weighted by atomic mass is 16.2. The number of likely N-dealkylation sites (N-methyl/N-ethyl adjacent to an activating group) is 1. The molecule has 0 saturated carbocycles. The van der Waals surface area contributed by atoms with Crippen molar-refractivity contribution in [2.45, 2.75) is 45.7 Å². The first-order chi connectivity index (χ1) is 13.4. The Hall–Kier alpha value is -2.66. The number of carbonyl (C=O) groups is 2. The van der Waals surface area contributed by atoms with Crippen LogP contribution >= 0.6 is 0 Å². The van der Waals surface area contributed by atoms with E-state index in [0.717, 1.165) is 23.2 Å². The zero-order valence-corrected chi connectivity index (χ0v) is 17.5. The summed E-state index contributed by atoms with van der Waals surface area (Å²) in [5.74, 6) is 0.260. The average Bonchev–Trinajstić information content (AvgIpc) is 2.72. The highest BCUT2D eigenvalue weighted by Crippen LogP contribution is 2.26. The maximum absolute atomic E-state index is 12.8. The number of nitrogens with zero attached hydrogens (tertiary/aromatic N) is 1. The van der Waals surface area contributed by atoms with Crippen molar-refractivity contribution >= 4 is 17.5 Å². The van der Waals surface area contributed by atoms with Crippen molar-refractivity contribution < 1.29 is 9.59 Å². The van der Waals surface area contributed by atoms with Crippen LogP contribution in [0, 0.1) is 0 Å². The maximum Gasteiger partial charge on any atom is 0.251 e. The molecule has 0 saturated heterocycles. The lowest BCUT2D eigenvalue weighted by molar-refractivity contribution is -0.120. The molecule has 5 nitrogen and oxygen atoms in total. The van der Waals surface area contributed by atoms with Crippen molar-refractivity contribution in [2.75, 3.05) is 19.4 Å². The molecule has 150 valence electrons. The van der Waals surface area contributed by atoms with Gasteiger partial charge in [-0.05, 0) is 55.6 Å². The third kappa shape index (κ3) is 5.42. The monoisotopic (exact) mass is 381 g/mol. The third-order valence-corrected chi connectivity index (χ3v) is 5.28. The Morgan fingerprint density at radius 1 is 1.04 bits per heavy atom. The summed E-state index contributed by atoms with van der Waals surface area (Å²) >= 11 is 0. The van der Waals surface area contributed by atoms with Crippen molar-refractivity contribution in [2.24, 2.45) is 0 Å². The number of hydrogen-bond donors (Lipinski definition) is 2. The summed E-state index contributed by atoms with van der Waals surface area (Å²) in [7, 11) is 3.54. The number of rotatable bonds is 8. The van der Waals surface area contributed by atoms with Gasteiger partial charge in [-0.25, -0.2) is 0 Å². The average molecular weight is 382 g/mol. The van der Waals surface area contributed by atoms with E-state index in [9.17, 15) is 9.59 Å². The van der Waals surface area contributed by atoms with Gasteiger partial charge >= 0.3 is 0 Å². The van der Waals surface area contributed by atoms with Gasteiger partial charge in [-0.15, -0.1) is 0 Å². The molecule has 5 heteroatoms. The fourth-order valence-corrected chi connectivity index (χ4v) is 3.03. The number of amides is 2. The minimum absolute atomic E-state index is 0.0276. The second-order valence-electron chi connectivity index (χ2n) is 7.25. The van der Waals surface area contributed by atoms with Crippen LogP contribution in [-0.4, -0.2) is 36.9 Å². The van der Waals surface area contributed by atoms with Crippen LogP contribution in [0.1, 0.15) is 54.6 Å². The summed E-state index contributed by atoms with van der Waals surface area (Å²) in [6.45, 7) is 6.84. The molecule has 0 fully saturated rings. The van der Waals surface area contributed by atoms with Gasteiger partial charge in [0.25, 0.3) is 5.91 Å². The summed E-state index contributed by atoms with van der Waals surface area (Å²) in [5, 5.41) is 5.70. The lowest BCUT2D eigenvalue weighted by Gasteiger charge is -2.25. The largest absolute Gasteiger partial charge is 0.355 e. The van der Waals surface area contributed by atoms with Gasteiger partial charge in [0.1, 0.15) is 0 Å². The highest BCUT2D eigenvalue weighted by Gasteiger charge is 2.20. The Morgan fingerprint density at radius 2 is 1.68 bits per heavy atom. The summed E-state index contributed by atoms with van der Waals surface area (Å²) in [4.78, 5) is 26.4. The van der Waals surface area contributed by atoms with Gasteiger partial charge < -0.3 is 10.6 Å². The Balaban J connectivity index is 2.02. The zero-order chi connectivity index (χ0) is 20.7. The van der Waals surface area contributed by atoms with Crippen LogP contribution in [0.25, 0.3) is 0 Å². The lowest BCUT2D eigenvalue weighted by atomic mass is 9.97. The summed E-state index contributed by atoms with van der Waals surface area (Å²) in [6.07, 6.45) is 1.02.